The predicted octanol–water partition coefficient (Wildman–Crippen LogP) is 4.81. The summed E-state index contributed by atoms with van der Waals surface area (Å²) in [5.74, 6) is -0.748. The van der Waals surface area contributed by atoms with Crippen LogP contribution in [0.15, 0.2) is 72.8 Å². The fourth-order valence-corrected chi connectivity index (χ4v) is 2.77. The van der Waals surface area contributed by atoms with Gasteiger partial charge in [-0.05, 0) is 48.9 Å². The molecule has 0 aliphatic heterocycles. The fraction of sp³-hybridized carbons (Fsp3) is 0.0833. The average molecular weight is 418 g/mol. The van der Waals surface area contributed by atoms with Crippen LogP contribution in [0.5, 0.6) is 11.5 Å². The van der Waals surface area contributed by atoms with Crippen molar-refractivity contribution in [3.8, 4) is 11.5 Å². The van der Waals surface area contributed by atoms with Crippen molar-refractivity contribution < 1.29 is 24.3 Å². The van der Waals surface area contributed by atoms with Gasteiger partial charge in [-0.25, -0.2) is 4.79 Å². The molecule has 3 aromatic rings. The van der Waals surface area contributed by atoms with Crippen LogP contribution in [0, 0.1) is 12.1 Å². The van der Waals surface area contributed by atoms with Crippen molar-refractivity contribution in [1.82, 2.24) is 0 Å². The molecule has 158 valence electrons. The summed E-state index contributed by atoms with van der Waals surface area (Å²) in [4.78, 5) is 25.3. The molecule has 0 bridgehead atoms. The van der Waals surface area contributed by atoms with Crippen molar-refractivity contribution in [1.29, 1.82) is 0 Å². The molecule has 0 radical (unpaired) electrons. The van der Waals surface area contributed by atoms with E-state index in [1.54, 1.807) is 12.1 Å². The molecule has 0 spiro atoms. The van der Waals surface area contributed by atoms with Crippen LogP contribution in [0.3, 0.4) is 0 Å². The van der Waals surface area contributed by atoms with Crippen LogP contribution in [0.25, 0.3) is 6.08 Å². The quantitative estimate of drug-likeness (QED) is 0.193. The summed E-state index contributed by atoms with van der Waals surface area (Å²) in [7, 11) is 1.45. The van der Waals surface area contributed by atoms with Crippen LogP contribution in [0.2, 0.25) is 0 Å². The molecule has 0 fully saturated rings. The minimum Gasteiger partial charge on any atom is -0.733 e. The second kappa shape index (κ2) is 9.71. The van der Waals surface area contributed by atoms with Gasteiger partial charge in [-0.15, -0.1) is 0 Å². The molecule has 0 aliphatic rings. The highest BCUT2D eigenvalue weighted by Gasteiger charge is 2.17. The Hall–Kier alpha value is -3.94. The minimum absolute atomic E-state index is 0.0105. The normalized spacial score (nSPS) is 10.7. The number of hydrogen-bond acceptors (Lipinski definition) is 7. The highest BCUT2D eigenvalue weighted by Crippen LogP contribution is 2.27. The summed E-state index contributed by atoms with van der Waals surface area (Å²) in [6.45, 7) is 1.97. The third-order valence-electron chi connectivity index (χ3n) is 4.46. The molecule has 0 atom stereocenters. The molecular formula is C24H20NO6-. The first-order chi connectivity index (χ1) is 14.9. The Kier molecular flexibility index (Phi) is 6.81. The average Bonchev–Trinajstić information content (AvgIpc) is 2.78. The summed E-state index contributed by atoms with van der Waals surface area (Å²) >= 11 is 0. The maximum atomic E-state index is 12.8. The first kappa shape index (κ1) is 21.8. The van der Waals surface area contributed by atoms with Gasteiger partial charge in [0.1, 0.15) is 11.5 Å². The Labute approximate surface area is 179 Å². The van der Waals surface area contributed by atoms with E-state index in [1.807, 2.05) is 31.2 Å². The van der Waals surface area contributed by atoms with Crippen LogP contribution in [0.4, 0.5) is 5.69 Å². The number of methoxy groups -OCH3 is 1. The number of carbonyl (C=O) groups excluding carboxylic acids is 2. The number of esters is 1. The number of anilines is 1. The van der Waals surface area contributed by atoms with Crippen LogP contribution in [-0.2, 0) is 0 Å². The zero-order chi connectivity index (χ0) is 22.4. The largest absolute Gasteiger partial charge is 0.733 e. The lowest BCUT2D eigenvalue weighted by molar-refractivity contribution is 0.0733. The maximum Gasteiger partial charge on any atom is 0.343 e. The van der Waals surface area contributed by atoms with Gasteiger partial charge < -0.3 is 19.9 Å². The van der Waals surface area contributed by atoms with Crippen LogP contribution >= 0.6 is 0 Å². The summed E-state index contributed by atoms with van der Waals surface area (Å²) in [6.07, 6.45) is 3.07. The van der Waals surface area contributed by atoms with Crippen molar-refractivity contribution in [3.63, 3.8) is 0 Å². The number of nitrogens with zero attached hydrogens (tertiary/aromatic N) is 1. The van der Waals surface area contributed by atoms with Gasteiger partial charge in [-0.2, -0.15) is 0 Å². The Morgan fingerprint density at radius 1 is 1.03 bits per heavy atom. The monoisotopic (exact) mass is 418 g/mol. The molecule has 7 nitrogen and oxygen atoms in total. The molecular weight excluding hydrogens is 398 g/mol. The topological polar surface area (TPSA) is 99.1 Å². The van der Waals surface area contributed by atoms with E-state index in [0.29, 0.717) is 5.75 Å². The first-order valence-corrected chi connectivity index (χ1v) is 9.33. The Bertz CT molecular complexity index is 1120. The molecule has 0 aromatic heterocycles. The van der Waals surface area contributed by atoms with E-state index in [4.69, 9.17) is 14.7 Å². The van der Waals surface area contributed by atoms with E-state index in [-0.39, 0.29) is 33.6 Å². The van der Waals surface area contributed by atoms with Gasteiger partial charge >= 0.3 is 5.97 Å². The first-order valence-electron chi connectivity index (χ1n) is 9.33. The second-order valence-corrected chi connectivity index (χ2v) is 6.68. The summed E-state index contributed by atoms with van der Waals surface area (Å²) in [5.41, 5.74) is 2.04. The number of rotatable bonds is 7. The molecule has 3 rings (SSSR count). The molecule has 0 saturated carbocycles. The van der Waals surface area contributed by atoms with Crippen molar-refractivity contribution in [2.45, 2.75) is 6.92 Å². The van der Waals surface area contributed by atoms with Gasteiger partial charge in [0, 0.05) is 6.07 Å². The predicted molar refractivity (Wildman–Crippen MR) is 117 cm³/mol. The number of ketones is 1. The van der Waals surface area contributed by atoms with Gasteiger partial charge in [0.25, 0.3) is 0 Å². The number of hydrogen-bond donors (Lipinski definition) is 1. The highest BCUT2D eigenvalue weighted by atomic mass is 16.8. The lowest BCUT2D eigenvalue weighted by Gasteiger charge is -2.21. The molecule has 31 heavy (non-hydrogen) atoms. The number of ether oxygens (including phenoxy) is 2. The maximum absolute atomic E-state index is 12.8. The molecule has 0 aliphatic carbocycles. The summed E-state index contributed by atoms with van der Waals surface area (Å²) < 4.78 is 10.6. The summed E-state index contributed by atoms with van der Waals surface area (Å²) in [6, 6.07) is 17.5. The molecule has 0 heterocycles. The lowest BCUT2D eigenvalue weighted by Crippen LogP contribution is -2.13. The van der Waals surface area contributed by atoms with Crippen molar-refractivity contribution in [2.24, 2.45) is 0 Å². The SMILES string of the molecule is COc1ccc(C(=O)C=Cc2ccc(C)cc2)c(OC(=O)c2cccc(N([O-])O)c2)c1. The standard InChI is InChI=1S/C24H20NO6/c1-16-6-8-17(9-7-16)10-13-22(26)21-12-11-20(30-2)15-23(21)31-24(27)18-4-3-5-19(14-18)25(28)29/h3-15,28H,1-2H3/q-1. The Balaban J connectivity index is 1.87. The summed E-state index contributed by atoms with van der Waals surface area (Å²) in [5, 5.41) is 19.7. The van der Waals surface area contributed by atoms with E-state index < -0.39 is 5.97 Å². The zero-order valence-electron chi connectivity index (χ0n) is 16.9. The third kappa shape index (κ3) is 5.57. The van der Waals surface area contributed by atoms with Crippen LogP contribution < -0.4 is 14.7 Å². The van der Waals surface area contributed by atoms with E-state index in [2.05, 4.69) is 0 Å². The van der Waals surface area contributed by atoms with Crippen molar-refractivity contribution in [3.05, 3.63) is 100 Å². The molecule has 0 saturated heterocycles. The number of aryl methyl sites for hydroxylation is 1. The van der Waals surface area contributed by atoms with E-state index >= 15 is 0 Å². The smallest absolute Gasteiger partial charge is 0.343 e. The van der Waals surface area contributed by atoms with Gasteiger partial charge in [0.15, 0.2) is 5.78 Å². The number of allylic oxidation sites excluding steroid dienone is 1. The lowest BCUT2D eigenvalue weighted by atomic mass is 10.1. The zero-order valence-corrected chi connectivity index (χ0v) is 16.9. The molecule has 0 amide bonds. The van der Waals surface area contributed by atoms with Crippen molar-refractivity contribution in [2.75, 3.05) is 12.3 Å². The van der Waals surface area contributed by atoms with Gasteiger partial charge in [0.2, 0.25) is 0 Å². The van der Waals surface area contributed by atoms with Crippen LogP contribution in [0.1, 0.15) is 31.8 Å². The number of carbonyl (C=O) groups is 2. The molecule has 7 heteroatoms. The van der Waals surface area contributed by atoms with E-state index in [0.717, 1.165) is 11.1 Å². The Morgan fingerprint density at radius 3 is 2.45 bits per heavy atom. The van der Waals surface area contributed by atoms with Crippen molar-refractivity contribution >= 4 is 23.5 Å². The third-order valence-corrected chi connectivity index (χ3v) is 4.46. The Morgan fingerprint density at radius 2 is 1.77 bits per heavy atom. The van der Waals surface area contributed by atoms with Gasteiger partial charge in [-0.1, -0.05) is 42.0 Å². The molecule has 0 unspecified atom stereocenters. The van der Waals surface area contributed by atoms with Gasteiger partial charge in [0.05, 0.1) is 23.9 Å². The molecule has 3 aromatic carbocycles. The second-order valence-electron chi connectivity index (χ2n) is 6.68. The minimum atomic E-state index is -0.798. The fourth-order valence-electron chi connectivity index (χ4n) is 2.77. The number of benzene rings is 3. The van der Waals surface area contributed by atoms with Crippen LogP contribution in [-0.4, -0.2) is 24.1 Å². The van der Waals surface area contributed by atoms with E-state index in [1.165, 1.54) is 49.6 Å². The molecule has 1 N–H and O–H groups in total. The highest BCUT2D eigenvalue weighted by molar-refractivity contribution is 6.09. The van der Waals surface area contributed by atoms with Gasteiger partial charge in [-0.3, -0.25) is 10.0 Å². The van der Waals surface area contributed by atoms with E-state index in [9.17, 15) is 14.8 Å².